The zero-order valence-electron chi connectivity index (χ0n) is 11.0. The van der Waals surface area contributed by atoms with Crippen LogP contribution in [-0.4, -0.2) is 10.9 Å². The molecule has 1 aromatic carbocycles. The normalized spacial score (nSPS) is 11.6. The van der Waals surface area contributed by atoms with Crippen molar-refractivity contribution in [3.05, 3.63) is 44.4 Å². The highest BCUT2D eigenvalue weighted by molar-refractivity contribution is 9.10. The molecule has 0 saturated heterocycles. The van der Waals surface area contributed by atoms with E-state index in [0.717, 1.165) is 12.1 Å². The number of hydrogen-bond acceptors (Lipinski definition) is 4. The predicted molar refractivity (Wildman–Crippen MR) is 76.8 cm³/mol. The first-order valence-electron chi connectivity index (χ1n) is 5.84. The van der Waals surface area contributed by atoms with E-state index in [4.69, 9.17) is 5.73 Å². The van der Waals surface area contributed by atoms with Gasteiger partial charge in [-0.25, -0.2) is 13.8 Å². The van der Waals surface area contributed by atoms with Crippen molar-refractivity contribution in [2.45, 2.75) is 12.7 Å². The summed E-state index contributed by atoms with van der Waals surface area (Å²) in [6.07, 6.45) is -4.83. The second kappa shape index (κ2) is 6.40. The summed E-state index contributed by atoms with van der Waals surface area (Å²) < 4.78 is 64.6. The Morgan fingerprint density at radius 3 is 2.52 bits per heavy atom. The summed E-state index contributed by atoms with van der Waals surface area (Å²) in [5.74, 6) is -3.31. The van der Waals surface area contributed by atoms with Gasteiger partial charge in [0, 0.05) is 11.0 Å². The molecule has 2 aromatic rings. The Kier molecular flexibility index (Phi) is 4.90. The molecule has 4 nitrogen and oxygen atoms in total. The number of aromatic nitrogens is 1. The van der Waals surface area contributed by atoms with Crippen molar-refractivity contribution in [3.8, 4) is 0 Å². The summed E-state index contributed by atoms with van der Waals surface area (Å²) in [6, 6.07) is 1.67. The SMILES string of the molecule is Nc1nc(C(F)(F)F)c(C(=O)NCc2cc(F)c(F)cc2Br)s1. The van der Waals surface area contributed by atoms with E-state index in [-0.39, 0.29) is 16.6 Å². The van der Waals surface area contributed by atoms with Gasteiger partial charge in [-0.2, -0.15) is 13.2 Å². The number of nitrogen functional groups attached to an aromatic ring is 1. The lowest BCUT2D eigenvalue weighted by Crippen LogP contribution is -2.25. The van der Waals surface area contributed by atoms with Crippen LogP contribution < -0.4 is 11.1 Å². The molecule has 2 rings (SSSR count). The fraction of sp³-hybridized carbons (Fsp3) is 0.167. The minimum Gasteiger partial charge on any atom is -0.375 e. The highest BCUT2D eigenvalue weighted by Gasteiger charge is 2.39. The molecule has 3 N–H and O–H groups in total. The summed E-state index contributed by atoms with van der Waals surface area (Å²) in [5, 5.41) is 1.78. The zero-order chi connectivity index (χ0) is 17.4. The molecule has 1 amide bonds. The first kappa shape index (κ1) is 17.6. The molecule has 0 fully saturated rings. The van der Waals surface area contributed by atoms with Crippen LogP contribution in [0.3, 0.4) is 0 Å². The second-order valence-electron chi connectivity index (χ2n) is 4.27. The van der Waals surface area contributed by atoms with E-state index in [0.29, 0.717) is 11.3 Å². The van der Waals surface area contributed by atoms with Gasteiger partial charge in [-0.3, -0.25) is 4.79 Å². The van der Waals surface area contributed by atoms with E-state index in [2.05, 4.69) is 26.2 Å². The number of nitrogens with zero attached hydrogens (tertiary/aromatic N) is 1. The van der Waals surface area contributed by atoms with Gasteiger partial charge in [-0.1, -0.05) is 27.3 Å². The summed E-state index contributed by atoms with van der Waals surface area (Å²) in [5.41, 5.74) is 3.98. The molecule has 0 spiro atoms. The Morgan fingerprint density at radius 2 is 1.91 bits per heavy atom. The lowest BCUT2D eigenvalue weighted by molar-refractivity contribution is -0.141. The van der Waals surface area contributed by atoms with Gasteiger partial charge in [0.05, 0.1) is 0 Å². The highest BCUT2D eigenvalue weighted by atomic mass is 79.9. The van der Waals surface area contributed by atoms with Crippen molar-refractivity contribution in [2.75, 3.05) is 5.73 Å². The Bertz CT molecular complexity index is 762. The van der Waals surface area contributed by atoms with Crippen LogP contribution in [0, 0.1) is 11.6 Å². The Labute approximate surface area is 138 Å². The summed E-state index contributed by atoms with van der Waals surface area (Å²) >= 11 is 3.35. The number of benzene rings is 1. The van der Waals surface area contributed by atoms with E-state index in [1.54, 1.807) is 0 Å². The first-order valence-corrected chi connectivity index (χ1v) is 7.45. The van der Waals surface area contributed by atoms with Crippen LogP contribution in [-0.2, 0) is 12.7 Å². The molecule has 0 aliphatic carbocycles. The molecule has 124 valence electrons. The van der Waals surface area contributed by atoms with Gasteiger partial charge < -0.3 is 11.1 Å². The highest BCUT2D eigenvalue weighted by Crippen LogP contribution is 2.35. The number of rotatable bonds is 3. The topological polar surface area (TPSA) is 68.0 Å². The van der Waals surface area contributed by atoms with Gasteiger partial charge in [0.2, 0.25) is 0 Å². The second-order valence-corrected chi connectivity index (χ2v) is 6.15. The Balaban J connectivity index is 2.20. The molecule has 0 unspecified atom stereocenters. The molecule has 0 saturated carbocycles. The van der Waals surface area contributed by atoms with Crippen molar-refractivity contribution in [2.24, 2.45) is 0 Å². The van der Waals surface area contributed by atoms with E-state index >= 15 is 0 Å². The van der Waals surface area contributed by atoms with Gasteiger partial charge in [0.15, 0.2) is 22.5 Å². The summed E-state index contributed by atoms with van der Waals surface area (Å²) in [4.78, 5) is 14.3. The maximum Gasteiger partial charge on any atom is 0.435 e. The fourth-order valence-electron chi connectivity index (χ4n) is 1.64. The number of alkyl halides is 3. The molecule has 11 heteroatoms. The number of halogens is 6. The molecular formula is C12H7BrF5N3OS. The van der Waals surface area contributed by atoms with Gasteiger partial charge in [-0.15, -0.1) is 0 Å². The van der Waals surface area contributed by atoms with E-state index in [9.17, 15) is 26.7 Å². The summed E-state index contributed by atoms with van der Waals surface area (Å²) in [6.45, 7) is -0.314. The Hall–Kier alpha value is -1.75. The van der Waals surface area contributed by atoms with Crippen LogP contribution in [0.4, 0.5) is 27.1 Å². The van der Waals surface area contributed by atoms with E-state index in [1.807, 2.05) is 0 Å². The van der Waals surface area contributed by atoms with Crippen LogP contribution in [0.15, 0.2) is 16.6 Å². The molecule has 0 radical (unpaired) electrons. The van der Waals surface area contributed by atoms with Gasteiger partial charge in [-0.05, 0) is 17.7 Å². The molecule has 1 heterocycles. The standard InChI is InChI=1S/C12H7BrF5N3OS/c13-5-2-7(15)6(14)1-4(5)3-20-10(22)8-9(12(16,17)18)21-11(19)23-8/h1-2H,3H2,(H2,19,21)(H,20,22). The third-order valence-corrected chi connectivity index (χ3v) is 4.27. The summed E-state index contributed by atoms with van der Waals surface area (Å²) in [7, 11) is 0. The van der Waals surface area contributed by atoms with Crippen molar-refractivity contribution in [3.63, 3.8) is 0 Å². The lowest BCUT2D eigenvalue weighted by Gasteiger charge is -2.09. The average Bonchev–Trinajstić information content (AvgIpc) is 2.83. The third-order valence-electron chi connectivity index (χ3n) is 2.65. The maximum atomic E-state index is 13.1. The van der Waals surface area contributed by atoms with Crippen molar-refractivity contribution >= 4 is 38.3 Å². The van der Waals surface area contributed by atoms with Gasteiger partial charge in [0.25, 0.3) is 5.91 Å². The quantitative estimate of drug-likeness (QED) is 0.592. The van der Waals surface area contributed by atoms with Crippen LogP contribution in [0.25, 0.3) is 0 Å². The van der Waals surface area contributed by atoms with E-state index in [1.165, 1.54) is 0 Å². The van der Waals surface area contributed by atoms with E-state index < -0.39 is 39.4 Å². The number of thiazole rings is 1. The Morgan fingerprint density at radius 1 is 1.30 bits per heavy atom. The van der Waals surface area contributed by atoms with Crippen molar-refractivity contribution in [1.29, 1.82) is 0 Å². The number of anilines is 1. The minimum absolute atomic E-state index is 0.156. The zero-order valence-corrected chi connectivity index (χ0v) is 13.4. The van der Waals surface area contributed by atoms with Crippen molar-refractivity contribution < 1.29 is 26.7 Å². The molecule has 1 aromatic heterocycles. The maximum absolute atomic E-state index is 13.1. The fourth-order valence-corrected chi connectivity index (χ4v) is 2.86. The molecule has 0 aliphatic rings. The molecule has 0 bridgehead atoms. The van der Waals surface area contributed by atoms with Crippen molar-refractivity contribution in [1.82, 2.24) is 10.3 Å². The van der Waals surface area contributed by atoms with Crippen LogP contribution in [0.5, 0.6) is 0 Å². The van der Waals surface area contributed by atoms with Crippen LogP contribution in [0.1, 0.15) is 20.9 Å². The average molecular weight is 416 g/mol. The monoisotopic (exact) mass is 415 g/mol. The molecular weight excluding hydrogens is 409 g/mol. The van der Waals surface area contributed by atoms with Gasteiger partial charge in [0.1, 0.15) is 4.88 Å². The number of amides is 1. The predicted octanol–water partition coefficient (Wildman–Crippen LogP) is 3.71. The van der Waals surface area contributed by atoms with Gasteiger partial charge >= 0.3 is 6.18 Å². The number of carbonyl (C=O) groups excluding carboxylic acids is 1. The number of carbonyl (C=O) groups is 1. The largest absolute Gasteiger partial charge is 0.435 e. The third kappa shape index (κ3) is 3.96. The van der Waals surface area contributed by atoms with Crippen LogP contribution in [0.2, 0.25) is 0 Å². The molecule has 23 heavy (non-hydrogen) atoms. The molecule has 0 atom stereocenters. The smallest absolute Gasteiger partial charge is 0.375 e. The minimum atomic E-state index is -4.83. The lowest BCUT2D eigenvalue weighted by atomic mass is 10.2. The number of nitrogens with two attached hydrogens (primary N) is 1. The van der Waals surface area contributed by atoms with Crippen LogP contribution >= 0.6 is 27.3 Å². The number of hydrogen-bond donors (Lipinski definition) is 2. The number of nitrogens with one attached hydrogen (secondary N) is 1. The first-order chi connectivity index (χ1) is 10.6. The molecule has 0 aliphatic heterocycles.